The monoisotopic (exact) mass is 259 g/mol. The molecule has 2 rings (SSSR count). The van der Waals surface area contributed by atoms with Crippen LogP contribution in [0.2, 0.25) is 0 Å². The van der Waals surface area contributed by atoms with Gasteiger partial charge in [0.15, 0.2) is 5.82 Å². The number of hydrogen-bond donors (Lipinski definition) is 1. The second-order valence-electron chi connectivity index (χ2n) is 5.29. The predicted molar refractivity (Wildman–Crippen MR) is 74.5 cm³/mol. The van der Waals surface area contributed by atoms with Crippen molar-refractivity contribution in [3.8, 4) is 0 Å². The van der Waals surface area contributed by atoms with Crippen LogP contribution in [0.4, 0.5) is 0 Å². The molecule has 1 atom stereocenters. The normalized spacial score (nSPS) is 12.8. The Kier molecular flexibility index (Phi) is 4.68. The van der Waals surface area contributed by atoms with Crippen LogP contribution >= 0.6 is 0 Å². The summed E-state index contributed by atoms with van der Waals surface area (Å²) < 4.78 is 4.70. The Labute approximate surface area is 114 Å². The van der Waals surface area contributed by atoms with Gasteiger partial charge in [-0.15, -0.1) is 0 Å². The Bertz CT molecular complexity index is 477. The van der Waals surface area contributed by atoms with Crippen LogP contribution in [0.1, 0.15) is 43.8 Å². The number of benzene rings is 1. The molecule has 2 aromatic rings. The van der Waals surface area contributed by atoms with E-state index < -0.39 is 0 Å². The Balaban J connectivity index is 1.90. The molecule has 0 aliphatic rings. The van der Waals surface area contributed by atoms with Crippen molar-refractivity contribution in [2.75, 3.05) is 0 Å². The van der Waals surface area contributed by atoms with E-state index in [0.29, 0.717) is 18.3 Å². The van der Waals surface area contributed by atoms with Crippen LogP contribution in [-0.4, -0.2) is 10.1 Å². The van der Waals surface area contributed by atoms with Gasteiger partial charge >= 0.3 is 0 Å². The highest BCUT2D eigenvalue weighted by atomic mass is 16.5. The molecular formula is C15H21N3O. The number of nitrogens with one attached hydrogen (secondary N) is 1. The minimum Gasteiger partial charge on any atom is -0.343 e. The van der Waals surface area contributed by atoms with Crippen LogP contribution in [0.3, 0.4) is 0 Å². The zero-order chi connectivity index (χ0) is 13.7. The van der Waals surface area contributed by atoms with Crippen LogP contribution in [0.15, 0.2) is 35.2 Å². The second kappa shape index (κ2) is 6.48. The summed E-state index contributed by atoms with van der Waals surface area (Å²) >= 11 is 0. The van der Waals surface area contributed by atoms with Gasteiger partial charge in [-0.2, -0.15) is 4.98 Å². The third-order valence-electron chi connectivity index (χ3n) is 3.10. The lowest BCUT2D eigenvalue weighted by molar-refractivity contribution is 0.405. The van der Waals surface area contributed by atoms with Crippen LogP contribution in [0, 0.1) is 5.92 Å². The third kappa shape index (κ3) is 4.17. The summed E-state index contributed by atoms with van der Waals surface area (Å²) in [5, 5.41) is 7.16. The van der Waals surface area contributed by atoms with Crippen molar-refractivity contribution in [1.82, 2.24) is 15.5 Å². The molecule has 0 aliphatic carbocycles. The van der Waals surface area contributed by atoms with Crippen molar-refractivity contribution < 1.29 is 4.52 Å². The van der Waals surface area contributed by atoms with Crippen LogP contribution in [0.25, 0.3) is 0 Å². The van der Waals surface area contributed by atoms with Crippen molar-refractivity contribution in [3.05, 3.63) is 47.6 Å². The zero-order valence-electron chi connectivity index (χ0n) is 11.8. The molecule has 4 nitrogen and oxygen atoms in total. The molecule has 19 heavy (non-hydrogen) atoms. The Hall–Kier alpha value is -1.68. The summed E-state index contributed by atoms with van der Waals surface area (Å²) in [7, 11) is 0. The van der Waals surface area contributed by atoms with Gasteiger partial charge in [0.25, 0.3) is 0 Å². The largest absolute Gasteiger partial charge is 0.343 e. The van der Waals surface area contributed by atoms with Crippen molar-refractivity contribution in [2.45, 2.75) is 39.8 Å². The van der Waals surface area contributed by atoms with E-state index in [0.717, 1.165) is 6.42 Å². The summed E-state index contributed by atoms with van der Waals surface area (Å²) in [6, 6.07) is 9.06. The molecular weight excluding hydrogens is 238 g/mol. The number of nitrogens with zero attached hydrogens (tertiary/aromatic N) is 2. The fourth-order valence-corrected chi connectivity index (χ4v) is 2.05. The first kappa shape index (κ1) is 13.7. The van der Waals surface area contributed by atoms with Gasteiger partial charge in [-0.3, -0.25) is 0 Å². The van der Waals surface area contributed by atoms with E-state index in [1.54, 1.807) is 0 Å². The molecule has 0 spiro atoms. The molecule has 1 aromatic carbocycles. The molecule has 0 radical (unpaired) electrons. The van der Waals surface area contributed by atoms with Crippen LogP contribution in [0.5, 0.6) is 0 Å². The first-order chi connectivity index (χ1) is 9.15. The molecule has 1 heterocycles. The van der Waals surface area contributed by atoms with E-state index in [9.17, 15) is 0 Å². The van der Waals surface area contributed by atoms with Crippen molar-refractivity contribution in [2.24, 2.45) is 5.92 Å². The summed E-state index contributed by atoms with van der Waals surface area (Å²) in [5.41, 5.74) is 2.67. The van der Waals surface area contributed by atoms with Gasteiger partial charge in [-0.25, -0.2) is 0 Å². The molecule has 102 valence electrons. The summed E-state index contributed by atoms with van der Waals surface area (Å²) in [6.07, 6.45) is 2.48. The maximum absolute atomic E-state index is 4.70. The highest BCUT2D eigenvalue weighted by Gasteiger charge is 2.07. The Morgan fingerprint density at radius 3 is 2.47 bits per heavy atom. The lowest BCUT2D eigenvalue weighted by Crippen LogP contribution is -2.18. The Morgan fingerprint density at radius 1 is 1.16 bits per heavy atom. The van der Waals surface area contributed by atoms with Gasteiger partial charge in [0.2, 0.25) is 6.39 Å². The fourth-order valence-electron chi connectivity index (χ4n) is 2.05. The first-order valence-electron chi connectivity index (χ1n) is 6.72. The van der Waals surface area contributed by atoms with Gasteiger partial charge in [0.1, 0.15) is 0 Å². The zero-order valence-corrected chi connectivity index (χ0v) is 11.8. The summed E-state index contributed by atoms with van der Waals surface area (Å²) in [4.78, 5) is 3.99. The van der Waals surface area contributed by atoms with Crippen molar-refractivity contribution in [1.29, 1.82) is 0 Å². The second-order valence-corrected chi connectivity index (χ2v) is 5.29. The molecule has 1 aromatic heterocycles. The average molecular weight is 259 g/mol. The molecule has 0 fully saturated rings. The summed E-state index contributed by atoms with van der Waals surface area (Å²) in [5.74, 6) is 1.38. The quantitative estimate of drug-likeness (QED) is 0.866. The molecule has 1 N–H and O–H groups in total. The smallest absolute Gasteiger partial charge is 0.213 e. The molecule has 0 aliphatic heterocycles. The lowest BCUT2D eigenvalue weighted by Gasteiger charge is -2.14. The van der Waals surface area contributed by atoms with E-state index in [-0.39, 0.29) is 6.04 Å². The molecule has 0 saturated carbocycles. The maximum atomic E-state index is 4.70. The average Bonchev–Trinajstić information content (AvgIpc) is 2.89. The first-order valence-corrected chi connectivity index (χ1v) is 6.72. The molecule has 0 amide bonds. The Morgan fingerprint density at radius 2 is 1.89 bits per heavy atom. The molecule has 0 bridgehead atoms. The van der Waals surface area contributed by atoms with E-state index in [1.165, 1.54) is 17.5 Å². The van der Waals surface area contributed by atoms with Gasteiger partial charge in [-0.1, -0.05) is 43.3 Å². The van der Waals surface area contributed by atoms with E-state index in [1.807, 2.05) is 0 Å². The molecule has 0 saturated heterocycles. The van der Waals surface area contributed by atoms with Gasteiger partial charge in [0, 0.05) is 6.04 Å². The SMILES string of the molecule is CC(C)Cc1ccc(C(C)NCc2ncon2)cc1. The number of rotatable bonds is 6. The van der Waals surface area contributed by atoms with E-state index in [2.05, 4.69) is 60.5 Å². The maximum Gasteiger partial charge on any atom is 0.213 e. The van der Waals surface area contributed by atoms with Crippen LogP contribution in [-0.2, 0) is 13.0 Å². The van der Waals surface area contributed by atoms with Gasteiger partial charge in [-0.05, 0) is 30.4 Å². The third-order valence-corrected chi connectivity index (χ3v) is 3.10. The van der Waals surface area contributed by atoms with E-state index in [4.69, 9.17) is 4.52 Å². The molecule has 4 heteroatoms. The minimum atomic E-state index is 0.270. The summed E-state index contributed by atoms with van der Waals surface area (Å²) in [6.45, 7) is 7.23. The predicted octanol–water partition coefficient (Wildman–Crippen LogP) is 3.12. The fraction of sp³-hybridized carbons (Fsp3) is 0.467. The standard InChI is InChI=1S/C15H21N3O/c1-11(2)8-13-4-6-14(7-5-13)12(3)16-9-15-17-10-19-18-15/h4-7,10-12,16H,8-9H2,1-3H3. The highest BCUT2D eigenvalue weighted by molar-refractivity contribution is 5.25. The van der Waals surface area contributed by atoms with Crippen LogP contribution < -0.4 is 5.32 Å². The minimum absolute atomic E-state index is 0.270. The van der Waals surface area contributed by atoms with Crippen molar-refractivity contribution >= 4 is 0 Å². The number of hydrogen-bond acceptors (Lipinski definition) is 4. The van der Waals surface area contributed by atoms with E-state index >= 15 is 0 Å². The topological polar surface area (TPSA) is 51.0 Å². The van der Waals surface area contributed by atoms with Crippen molar-refractivity contribution in [3.63, 3.8) is 0 Å². The number of aromatic nitrogens is 2. The van der Waals surface area contributed by atoms with Gasteiger partial charge < -0.3 is 9.84 Å². The van der Waals surface area contributed by atoms with Gasteiger partial charge in [0.05, 0.1) is 6.54 Å². The molecule has 1 unspecified atom stereocenters. The highest BCUT2D eigenvalue weighted by Crippen LogP contribution is 2.15. The lowest BCUT2D eigenvalue weighted by atomic mass is 10.00.